The smallest absolute Gasteiger partial charge is 0.315 e. The minimum atomic E-state index is -0.275. The first-order chi connectivity index (χ1) is 9.06. The number of fused-ring (bicyclic) bond motifs is 1. The molecule has 1 aromatic heterocycles. The van der Waals surface area contributed by atoms with Crippen molar-refractivity contribution in [2.45, 2.75) is 26.4 Å². The van der Waals surface area contributed by atoms with E-state index in [0.717, 1.165) is 10.9 Å². The first-order valence-corrected chi connectivity index (χ1v) is 6.21. The largest absolute Gasteiger partial charge is 0.336 e. The summed E-state index contributed by atoms with van der Waals surface area (Å²) in [5.41, 5.74) is 1.16. The van der Waals surface area contributed by atoms with Gasteiger partial charge in [-0.3, -0.25) is 4.79 Å². The van der Waals surface area contributed by atoms with Crippen LogP contribution in [0.25, 0.3) is 10.9 Å². The molecule has 0 atom stereocenters. The molecule has 3 N–H and O–H groups in total. The van der Waals surface area contributed by atoms with Crippen molar-refractivity contribution < 1.29 is 4.79 Å². The summed E-state index contributed by atoms with van der Waals surface area (Å²) in [5, 5.41) is 6.32. The Labute approximate surface area is 111 Å². The van der Waals surface area contributed by atoms with Crippen LogP contribution in [0.2, 0.25) is 0 Å². The van der Waals surface area contributed by atoms with E-state index in [1.165, 1.54) is 0 Å². The highest BCUT2D eigenvalue weighted by molar-refractivity contribution is 5.79. The lowest BCUT2D eigenvalue weighted by molar-refractivity contribution is 0.238. The summed E-state index contributed by atoms with van der Waals surface area (Å²) >= 11 is 0. The Bertz CT molecular complexity index is 646. The molecule has 0 aliphatic rings. The molecule has 0 saturated carbocycles. The van der Waals surface area contributed by atoms with E-state index in [0.29, 0.717) is 5.56 Å². The van der Waals surface area contributed by atoms with Gasteiger partial charge in [-0.1, -0.05) is 18.2 Å². The number of aromatic amines is 1. The number of rotatable bonds is 3. The molecule has 100 valence electrons. The highest BCUT2D eigenvalue weighted by atomic mass is 16.2. The van der Waals surface area contributed by atoms with E-state index in [1.54, 1.807) is 6.07 Å². The number of amides is 2. The fourth-order valence-corrected chi connectivity index (χ4v) is 1.81. The molecule has 0 aliphatic heterocycles. The van der Waals surface area contributed by atoms with E-state index in [9.17, 15) is 9.59 Å². The van der Waals surface area contributed by atoms with Crippen molar-refractivity contribution in [1.29, 1.82) is 0 Å². The Balaban J connectivity index is 2.14. The molecular weight excluding hydrogens is 242 g/mol. The van der Waals surface area contributed by atoms with Crippen LogP contribution < -0.4 is 16.2 Å². The second-order valence-electron chi connectivity index (χ2n) is 4.69. The lowest BCUT2D eigenvalue weighted by Crippen LogP contribution is -2.39. The number of H-pyrrole nitrogens is 1. The van der Waals surface area contributed by atoms with Gasteiger partial charge in [0.15, 0.2) is 0 Å². The third kappa shape index (κ3) is 3.34. The summed E-state index contributed by atoms with van der Waals surface area (Å²) in [7, 11) is 0. The predicted octanol–water partition coefficient (Wildman–Crippen LogP) is 1.74. The third-order valence-corrected chi connectivity index (χ3v) is 2.69. The summed E-state index contributed by atoms with van der Waals surface area (Å²) in [6, 6.07) is 9.12. The molecule has 1 aromatic carbocycles. The van der Waals surface area contributed by atoms with Gasteiger partial charge in [0.1, 0.15) is 0 Å². The minimum Gasteiger partial charge on any atom is -0.336 e. The molecular formula is C14H17N3O2. The summed E-state index contributed by atoms with van der Waals surface area (Å²) in [4.78, 5) is 26.1. The number of pyridine rings is 1. The fourth-order valence-electron chi connectivity index (χ4n) is 1.81. The van der Waals surface area contributed by atoms with Gasteiger partial charge < -0.3 is 15.6 Å². The average Bonchev–Trinajstić information content (AvgIpc) is 2.35. The Morgan fingerprint density at radius 2 is 2.05 bits per heavy atom. The number of nitrogens with one attached hydrogen (secondary N) is 3. The molecule has 0 fully saturated rings. The minimum absolute atomic E-state index is 0.0647. The van der Waals surface area contributed by atoms with E-state index in [1.807, 2.05) is 38.1 Å². The molecule has 5 heteroatoms. The van der Waals surface area contributed by atoms with Gasteiger partial charge in [-0.15, -0.1) is 0 Å². The first-order valence-electron chi connectivity index (χ1n) is 6.21. The Morgan fingerprint density at radius 3 is 2.79 bits per heavy atom. The normalized spacial score (nSPS) is 10.7. The average molecular weight is 259 g/mol. The van der Waals surface area contributed by atoms with Crippen LogP contribution in [0, 0.1) is 0 Å². The van der Waals surface area contributed by atoms with Crippen LogP contribution in [0.4, 0.5) is 4.79 Å². The zero-order valence-corrected chi connectivity index (χ0v) is 11.0. The van der Waals surface area contributed by atoms with Crippen molar-refractivity contribution >= 4 is 16.9 Å². The van der Waals surface area contributed by atoms with Crippen LogP contribution in [-0.4, -0.2) is 17.1 Å². The highest BCUT2D eigenvalue weighted by Gasteiger charge is 2.06. The molecule has 2 amide bonds. The molecule has 5 nitrogen and oxygen atoms in total. The van der Waals surface area contributed by atoms with Crippen molar-refractivity contribution in [3.05, 3.63) is 46.2 Å². The number of aromatic nitrogens is 1. The van der Waals surface area contributed by atoms with Gasteiger partial charge in [-0.2, -0.15) is 0 Å². The number of para-hydroxylation sites is 1. The lowest BCUT2D eigenvalue weighted by atomic mass is 10.1. The van der Waals surface area contributed by atoms with Gasteiger partial charge in [-0.25, -0.2) is 4.79 Å². The molecule has 0 unspecified atom stereocenters. The van der Waals surface area contributed by atoms with Crippen molar-refractivity contribution in [3.63, 3.8) is 0 Å². The standard InChI is InChI=1S/C14H17N3O2/c1-9(2)16-14(19)15-8-11-7-10-5-3-4-6-12(10)17-13(11)18/h3-7,9H,8H2,1-2H3,(H,17,18)(H2,15,16,19). The van der Waals surface area contributed by atoms with Gasteiger partial charge in [0.25, 0.3) is 5.56 Å². The van der Waals surface area contributed by atoms with Gasteiger partial charge in [0.2, 0.25) is 0 Å². The van der Waals surface area contributed by atoms with E-state index in [-0.39, 0.29) is 24.2 Å². The van der Waals surface area contributed by atoms with Crippen LogP contribution in [0.3, 0.4) is 0 Å². The van der Waals surface area contributed by atoms with Crippen molar-refractivity contribution in [3.8, 4) is 0 Å². The summed E-state index contributed by atoms with van der Waals surface area (Å²) in [6.07, 6.45) is 0. The summed E-state index contributed by atoms with van der Waals surface area (Å²) < 4.78 is 0. The SMILES string of the molecule is CC(C)NC(=O)NCc1cc2ccccc2[nH]c1=O. The Hall–Kier alpha value is -2.30. The molecule has 0 saturated heterocycles. The van der Waals surface area contributed by atoms with E-state index >= 15 is 0 Å². The van der Waals surface area contributed by atoms with Crippen LogP contribution in [-0.2, 0) is 6.54 Å². The molecule has 0 spiro atoms. The highest BCUT2D eigenvalue weighted by Crippen LogP contribution is 2.09. The number of carbonyl (C=O) groups is 1. The van der Waals surface area contributed by atoms with Crippen molar-refractivity contribution in [2.24, 2.45) is 0 Å². The summed E-state index contributed by atoms with van der Waals surface area (Å²) in [6.45, 7) is 3.96. The summed E-state index contributed by atoms with van der Waals surface area (Å²) in [5.74, 6) is 0. The fraction of sp³-hybridized carbons (Fsp3) is 0.286. The number of benzene rings is 1. The first kappa shape index (κ1) is 13.1. The van der Waals surface area contributed by atoms with E-state index in [2.05, 4.69) is 15.6 Å². The van der Waals surface area contributed by atoms with Crippen LogP contribution in [0.15, 0.2) is 35.1 Å². The monoisotopic (exact) mass is 259 g/mol. The van der Waals surface area contributed by atoms with Crippen LogP contribution >= 0.6 is 0 Å². The zero-order chi connectivity index (χ0) is 13.8. The maximum atomic E-state index is 11.8. The van der Waals surface area contributed by atoms with Gasteiger partial charge in [0, 0.05) is 23.7 Å². The number of carbonyl (C=O) groups excluding carboxylic acids is 1. The molecule has 1 heterocycles. The Morgan fingerprint density at radius 1 is 1.32 bits per heavy atom. The van der Waals surface area contributed by atoms with Gasteiger partial charge >= 0.3 is 6.03 Å². The van der Waals surface area contributed by atoms with Gasteiger partial charge in [-0.05, 0) is 31.4 Å². The molecule has 2 rings (SSSR count). The number of hydrogen-bond acceptors (Lipinski definition) is 2. The second kappa shape index (κ2) is 5.56. The lowest BCUT2D eigenvalue weighted by Gasteiger charge is -2.10. The maximum Gasteiger partial charge on any atom is 0.315 e. The van der Waals surface area contributed by atoms with Crippen molar-refractivity contribution in [1.82, 2.24) is 15.6 Å². The number of hydrogen-bond donors (Lipinski definition) is 3. The second-order valence-corrected chi connectivity index (χ2v) is 4.69. The van der Waals surface area contributed by atoms with E-state index in [4.69, 9.17) is 0 Å². The molecule has 0 bridgehead atoms. The van der Waals surface area contributed by atoms with E-state index < -0.39 is 0 Å². The van der Waals surface area contributed by atoms with Crippen LogP contribution in [0.1, 0.15) is 19.4 Å². The van der Waals surface area contributed by atoms with Crippen LogP contribution in [0.5, 0.6) is 0 Å². The molecule has 2 aromatic rings. The van der Waals surface area contributed by atoms with Crippen molar-refractivity contribution in [2.75, 3.05) is 0 Å². The molecule has 0 aliphatic carbocycles. The maximum absolute atomic E-state index is 11.8. The molecule has 0 radical (unpaired) electrons. The molecule has 19 heavy (non-hydrogen) atoms. The topological polar surface area (TPSA) is 74.0 Å². The third-order valence-electron chi connectivity index (χ3n) is 2.69. The number of urea groups is 1. The zero-order valence-electron chi connectivity index (χ0n) is 11.0. The Kier molecular flexibility index (Phi) is 3.85. The quantitative estimate of drug-likeness (QED) is 0.785. The van der Waals surface area contributed by atoms with Gasteiger partial charge in [0.05, 0.1) is 0 Å². The predicted molar refractivity (Wildman–Crippen MR) is 75.1 cm³/mol.